The molecule has 0 atom stereocenters. The van der Waals surface area contributed by atoms with Gasteiger partial charge in [-0.05, 0) is 19.4 Å². The first-order valence-electron chi connectivity index (χ1n) is 7.77. The van der Waals surface area contributed by atoms with E-state index in [1.807, 2.05) is 10.8 Å². The van der Waals surface area contributed by atoms with Crippen LogP contribution in [-0.2, 0) is 11.3 Å². The van der Waals surface area contributed by atoms with Crippen molar-refractivity contribution in [3.05, 3.63) is 35.0 Å². The van der Waals surface area contributed by atoms with Crippen molar-refractivity contribution in [1.82, 2.24) is 24.4 Å². The lowest BCUT2D eigenvalue weighted by Gasteiger charge is -2.25. The lowest BCUT2D eigenvalue weighted by molar-refractivity contribution is 0.0331. The highest BCUT2D eigenvalue weighted by Gasteiger charge is 2.18. The Hall–Kier alpha value is -1.83. The molecule has 3 aromatic rings. The summed E-state index contributed by atoms with van der Waals surface area (Å²) in [7, 11) is 0. The van der Waals surface area contributed by atoms with Crippen LogP contribution in [0.3, 0.4) is 0 Å². The van der Waals surface area contributed by atoms with Gasteiger partial charge >= 0.3 is 0 Å². The normalized spacial score (nSPS) is 16.3. The number of ether oxygens (including phenoxy) is 1. The molecule has 0 bridgehead atoms. The number of aromatic nitrogens is 4. The van der Waals surface area contributed by atoms with Crippen molar-refractivity contribution < 1.29 is 4.74 Å². The third-order valence-corrected chi connectivity index (χ3v) is 5.37. The minimum atomic E-state index is 0.761. The predicted molar refractivity (Wildman–Crippen MR) is 90.1 cm³/mol. The summed E-state index contributed by atoms with van der Waals surface area (Å²) in [5, 5.41) is 1.14. The van der Waals surface area contributed by atoms with E-state index in [-0.39, 0.29) is 0 Å². The Morgan fingerprint density at radius 2 is 2.04 bits per heavy atom. The van der Waals surface area contributed by atoms with Crippen molar-refractivity contribution in [3.63, 3.8) is 0 Å². The molecule has 6 nitrogen and oxygen atoms in total. The lowest BCUT2D eigenvalue weighted by Crippen LogP contribution is -2.36. The van der Waals surface area contributed by atoms with Crippen LogP contribution < -0.4 is 0 Å². The Bertz CT molecular complexity index is 821. The fraction of sp³-hybridized carbons (Fsp3) is 0.438. The standard InChI is InChI=1S/C16H19N5OS/c1-11-12(2)23-16-14(11)15(21-4-3-17-10-21)18-13(19-16)9-20-5-7-22-8-6-20/h3-4,10H,5-9H2,1-2H3. The molecule has 4 heterocycles. The lowest BCUT2D eigenvalue weighted by atomic mass is 10.2. The van der Waals surface area contributed by atoms with Crippen molar-refractivity contribution >= 4 is 21.6 Å². The summed E-state index contributed by atoms with van der Waals surface area (Å²) in [4.78, 5) is 18.5. The number of imidazole rings is 1. The number of morpholine rings is 1. The molecule has 0 spiro atoms. The molecule has 0 unspecified atom stereocenters. The van der Waals surface area contributed by atoms with Gasteiger partial charge in [-0.25, -0.2) is 15.0 Å². The Kier molecular flexibility index (Phi) is 3.84. The Morgan fingerprint density at radius 3 is 2.78 bits per heavy atom. The number of aryl methyl sites for hydroxylation is 2. The minimum Gasteiger partial charge on any atom is -0.379 e. The second-order valence-electron chi connectivity index (χ2n) is 5.79. The van der Waals surface area contributed by atoms with Crippen LogP contribution in [0, 0.1) is 13.8 Å². The monoisotopic (exact) mass is 329 g/mol. The highest BCUT2D eigenvalue weighted by atomic mass is 32.1. The first-order chi connectivity index (χ1) is 11.2. The van der Waals surface area contributed by atoms with Crippen molar-refractivity contribution in [2.75, 3.05) is 26.3 Å². The molecule has 0 N–H and O–H groups in total. The number of fused-ring (bicyclic) bond motifs is 1. The van der Waals surface area contributed by atoms with Gasteiger partial charge in [0.2, 0.25) is 0 Å². The average Bonchev–Trinajstić information content (AvgIpc) is 3.17. The zero-order valence-electron chi connectivity index (χ0n) is 13.3. The van der Waals surface area contributed by atoms with E-state index in [1.165, 1.54) is 10.4 Å². The maximum absolute atomic E-state index is 5.42. The van der Waals surface area contributed by atoms with Crippen LogP contribution in [0.25, 0.3) is 16.0 Å². The van der Waals surface area contributed by atoms with Gasteiger partial charge in [0, 0.05) is 30.4 Å². The predicted octanol–water partition coefficient (Wildman–Crippen LogP) is 2.33. The summed E-state index contributed by atoms with van der Waals surface area (Å²) in [5.74, 6) is 1.79. The molecule has 3 aromatic heterocycles. The molecule has 0 saturated carbocycles. The molecule has 23 heavy (non-hydrogen) atoms. The first-order valence-corrected chi connectivity index (χ1v) is 8.59. The van der Waals surface area contributed by atoms with Gasteiger partial charge in [0.05, 0.1) is 25.1 Å². The van der Waals surface area contributed by atoms with Gasteiger partial charge in [0.25, 0.3) is 0 Å². The zero-order valence-corrected chi connectivity index (χ0v) is 14.1. The molecule has 1 fully saturated rings. The molecule has 0 aromatic carbocycles. The highest BCUT2D eigenvalue weighted by Crippen LogP contribution is 2.32. The fourth-order valence-electron chi connectivity index (χ4n) is 2.87. The number of rotatable bonds is 3. The van der Waals surface area contributed by atoms with Crippen LogP contribution in [0.2, 0.25) is 0 Å². The second-order valence-corrected chi connectivity index (χ2v) is 6.99. The van der Waals surface area contributed by atoms with E-state index in [0.29, 0.717) is 0 Å². The van der Waals surface area contributed by atoms with Crippen molar-refractivity contribution in [2.24, 2.45) is 0 Å². The summed E-state index contributed by atoms with van der Waals surface area (Å²) >= 11 is 1.74. The summed E-state index contributed by atoms with van der Waals surface area (Å²) in [5.41, 5.74) is 1.26. The van der Waals surface area contributed by atoms with Crippen LogP contribution in [0.1, 0.15) is 16.3 Å². The smallest absolute Gasteiger partial charge is 0.150 e. The van der Waals surface area contributed by atoms with Crippen LogP contribution in [0.4, 0.5) is 0 Å². The van der Waals surface area contributed by atoms with Crippen LogP contribution >= 0.6 is 11.3 Å². The number of hydrogen-bond acceptors (Lipinski definition) is 6. The second kappa shape index (κ2) is 5.99. The van der Waals surface area contributed by atoms with E-state index in [0.717, 1.165) is 54.7 Å². The molecule has 0 radical (unpaired) electrons. The van der Waals surface area contributed by atoms with Gasteiger partial charge in [-0.2, -0.15) is 0 Å². The number of nitrogens with zero attached hydrogens (tertiary/aromatic N) is 5. The molecular weight excluding hydrogens is 310 g/mol. The average molecular weight is 329 g/mol. The van der Waals surface area contributed by atoms with E-state index < -0.39 is 0 Å². The third kappa shape index (κ3) is 2.75. The summed E-state index contributed by atoms with van der Waals surface area (Å²) in [6.45, 7) is 8.48. The summed E-state index contributed by atoms with van der Waals surface area (Å²) in [6.07, 6.45) is 5.52. The Balaban J connectivity index is 1.80. The Labute approximate surface area is 138 Å². The Morgan fingerprint density at radius 1 is 1.22 bits per heavy atom. The highest BCUT2D eigenvalue weighted by molar-refractivity contribution is 7.18. The zero-order chi connectivity index (χ0) is 15.8. The van der Waals surface area contributed by atoms with Gasteiger partial charge < -0.3 is 4.74 Å². The first kappa shape index (κ1) is 14.7. The van der Waals surface area contributed by atoms with Gasteiger partial charge in [-0.1, -0.05) is 0 Å². The molecule has 7 heteroatoms. The molecule has 4 rings (SSSR count). The molecule has 120 valence electrons. The summed E-state index contributed by atoms with van der Waals surface area (Å²) in [6, 6.07) is 0. The SMILES string of the molecule is Cc1sc2nc(CN3CCOCC3)nc(-n3ccnc3)c2c1C. The fourth-order valence-corrected chi connectivity index (χ4v) is 3.92. The molecule has 0 amide bonds. The molecule has 1 saturated heterocycles. The van der Waals surface area contributed by atoms with Crippen LogP contribution in [0.15, 0.2) is 18.7 Å². The van der Waals surface area contributed by atoms with E-state index in [1.54, 1.807) is 23.9 Å². The van der Waals surface area contributed by atoms with Gasteiger partial charge in [0.1, 0.15) is 17.0 Å². The topological polar surface area (TPSA) is 56.1 Å². The molecule has 1 aliphatic heterocycles. The quantitative estimate of drug-likeness (QED) is 0.738. The van der Waals surface area contributed by atoms with E-state index in [2.05, 4.69) is 23.7 Å². The van der Waals surface area contributed by atoms with Gasteiger partial charge in [-0.3, -0.25) is 9.47 Å². The third-order valence-electron chi connectivity index (χ3n) is 4.27. The van der Waals surface area contributed by atoms with Crippen molar-refractivity contribution in [3.8, 4) is 5.82 Å². The summed E-state index contributed by atoms with van der Waals surface area (Å²) < 4.78 is 7.39. The maximum atomic E-state index is 5.42. The maximum Gasteiger partial charge on any atom is 0.150 e. The number of hydrogen-bond donors (Lipinski definition) is 0. The van der Waals surface area contributed by atoms with Crippen LogP contribution in [0.5, 0.6) is 0 Å². The number of thiophene rings is 1. The van der Waals surface area contributed by atoms with Crippen molar-refractivity contribution in [2.45, 2.75) is 20.4 Å². The molecule has 0 aliphatic carbocycles. The van der Waals surface area contributed by atoms with E-state index >= 15 is 0 Å². The van der Waals surface area contributed by atoms with E-state index in [4.69, 9.17) is 14.7 Å². The largest absolute Gasteiger partial charge is 0.379 e. The minimum absolute atomic E-state index is 0.761. The molecular formula is C16H19N5OS. The molecule has 1 aliphatic rings. The van der Waals surface area contributed by atoms with E-state index in [9.17, 15) is 0 Å². The van der Waals surface area contributed by atoms with Crippen LogP contribution in [-0.4, -0.2) is 50.7 Å². The van der Waals surface area contributed by atoms with Gasteiger partial charge in [-0.15, -0.1) is 11.3 Å². The van der Waals surface area contributed by atoms with Crippen molar-refractivity contribution in [1.29, 1.82) is 0 Å². The van der Waals surface area contributed by atoms with Gasteiger partial charge in [0.15, 0.2) is 5.82 Å².